The van der Waals surface area contributed by atoms with E-state index in [4.69, 9.17) is 42.8 Å². The standard InChI is InChI=1S/C43H46Cl2N8O3/c1-23-17-29(18-24(2)39(23)45)56-16-10-11-30-31-13-14-33(44)38(37-26(4)47-50(7)27(37)5)40(31)53-25(3)20-52(43(54)41(30)53)35-21-49(6)34-15-12-28(19-32(34)35)42-46-36(22-55-9)51(8)48-42/h12-15,17-19,21,25H,10-11,16,20,22H2,1-9H3/t25-/m1/s1. The van der Waals surface area contributed by atoms with Crippen LogP contribution in [0.1, 0.15) is 63.8 Å². The maximum Gasteiger partial charge on any atom is 0.275 e. The quantitative estimate of drug-likeness (QED) is 0.128. The summed E-state index contributed by atoms with van der Waals surface area (Å²) in [5.41, 5.74) is 11.1. The van der Waals surface area contributed by atoms with Gasteiger partial charge in [0, 0.05) is 90.7 Å². The van der Waals surface area contributed by atoms with E-state index in [0.29, 0.717) is 49.1 Å². The Morgan fingerprint density at radius 2 is 1.66 bits per heavy atom. The molecular formula is C43H46Cl2N8O3. The van der Waals surface area contributed by atoms with Crippen molar-refractivity contribution in [2.24, 2.45) is 21.1 Å². The van der Waals surface area contributed by atoms with Crippen LogP contribution in [-0.4, -0.2) is 59.8 Å². The second kappa shape index (κ2) is 14.4. The molecule has 0 saturated carbocycles. The largest absolute Gasteiger partial charge is 0.494 e. The van der Waals surface area contributed by atoms with E-state index in [-0.39, 0.29) is 11.9 Å². The first-order valence-corrected chi connectivity index (χ1v) is 19.6. The molecule has 4 aromatic heterocycles. The molecule has 1 atom stereocenters. The number of methoxy groups -OCH3 is 1. The van der Waals surface area contributed by atoms with Gasteiger partial charge in [-0.05, 0) is 101 Å². The summed E-state index contributed by atoms with van der Waals surface area (Å²) >= 11 is 13.6. The molecule has 0 fully saturated rings. The summed E-state index contributed by atoms with van der Waals surface area (Å²) in [6.07, 6.45) is 3.36. The maximum absolute atomic E-state index is 15.3. The molecule has 0 spiro atoms. The van der Waals surface area contributed by atoms with E-state index in [1.165, 1.54) is 0 Å². The lowest BCUT2D eigenvalue weighted by atomic mass is 9.98. The highest BCUT2D eigenvalue weighted by Crippen LogP contribution is 2.46. The number of nitrogens with zero attached hydrogens (tertiary/aromatic N) is 8. The van der Waals surface area contributed by atoms with Crippen LogP contribution >= 0.6 is 23.2 Å². The van der Waals surface area contributed by atoms with Crippen LogP contribution < -0.4 is 9.64 Å². The molecule has 0 radical (unpaired) electrons. The first-order valence-electron chi connectivity index (χ1n) is 18.8. The van der Waals surface area contributed by atoms with Crippen LogP contribution in [-0.2, 0) is 38.9 Å². The number of carbonyl (C=O) groups is 1. The summed E-state index contributed by atoms with van der Waals surface area (Å²) < 4.78 is 19.5. The summed E-state index contributed by atoms with van der Waals surface area (Å²) in [7, 11) is 7.47. The number of carbonyl (C=O) groups excluding carboxylic acids is 1. The lowest BCUT2D eigenvalue weighted by Crippen LogP contribution is -2.42. The molecule has 13 heteroatoms. The zero-order valence-electron chi connectivity index (χ0n) is 33.3. The molecule has 8 rings (SSSR count). The van der Waals surface area contributed by atoms with Crippen molar-refractivity contribution in [3.8, 4) is 28.3 Å². The van der Waals surface area contributed by atoms with Crippen LogP contribution in [0.5, 0.6) is 5.75 Å². The van der Waals surface area contributed by atoms with Crippen molar-refractivity contribution < 1.29 is 14.3 Å². The van der Waals surface area contributed by atoms with E-state index in [1.54, 1.807) is 11.8 Å². The molecule has 0 saturated heterocycles. The summed E-state index contributed by atoms with van der Waals surface area (Å²) in [6.45, 7) is 11.5. The van der Waals surface area contributed by atoms with Gasteiger partial charge in [-0.15, -0.1) is 0 Å². The lowest BCUT2D eigenvalue weighted by Gasteiger charge is -2.34. The molecule has 0 unspecified atom stereocenters. The summed E-state index contributed by atoms with van der Waals surface area (Å²) in [4.78, 5) is 22.0. The highest BCUT2D eigenvalue weighted by molar-refractivity contribution is 6.35. The molecule has 7 aromatic rings. The number of aryl methyl sites for hydroxylation is 7. The van der Waals surface area contributed by atoms with Crippen molar-refractivity contribution in [2.45, 2.75) is 60.1 Å². The molecule has 0 bridgehead atoms. The molecular weight excluding hydrogens is 747 g/mol. The number of rotatable bonds is 10. The summed E-state index contributed by atoms with van der Waals surface area (Å²) in [5, 5.41) is 12.8. The predicted octanol–water partition coefficient (Wildman–Crippen LogP) is 9.25. The van der Waals surface area contributed by atoms with Gasteiger partial charge in [-0.25, -0.2) is 4.98 Å². The number of ether oxygens (including phenoxy) is 2. The highest BCUT2D eigenvalue weighted by atomic mass is 35.5. The number of halogens is 2. The van der Waals surface area contributed by atoms with Crippen molar-refractivity contribution in [2.75, 3.05) is 25.2 Å². The second-order valence-electron chi connectivity index (χ2n) is 15.0. The van der Waals surface area contributed by atoms with E-state index in [9.17, 15) is 0 Å². The molecule has 3 aromatic carbocycles. The van der Waals surface area contributed by atoms with Crippen molar-refractivity contribution in [1.29, 1.82) is 0 Å². The average Bonchev–Trinajstić information content (AvgIpc) is 3.87. The van der Waals surface area contributed by atoms with Gasteiger partial charge in [0.25, 0.3) is 5.91 Å². The Hall–Kier alpha value is -5.10. The Balaban J connectivity index is 1.25. The average molecular weight is 794 g/mol. The number of anilines is 1. The van der Waals surface area contributed by atoms with Gasteiger partial charge in [0.05, 0.1) is 28.5 Å². The first kappa shape index (κ1) is 37.8. The van der Waals surface area contributed by atoms with Gasteiger partial charge in [-0.3, -0.25) is 14.2 Å². The van der Waals surface area contributed by atoms with Gasteiger partial charge in [-0.2, -0.15) is 10.2 Å². The Labute approximate surface area is 336 Å². The Morgan fingerprint density at radius 3 is 2.36 bits per heavy atom. The third-order valence-corrected chi connectivity index (χ3v) is 12.1. The number of benzene rings is 3. The smallest absolute Gasteiger partial charge is 0.275 e. The van der Waals surface area contributed by atoms with Crippen molar-refractivity contribution >= 4 is 56.6 Å². The van der Waals surface area contributed by atoms with Crippen LogP contribution in [0.3, 0.4) is 0 Å². The van der Waals surface area contributed by atoms with Gasteiger partial charge in [-0.1, -0.05) is 29.3 Å². The normalized spacial score (nSPS) is 14.4. The molecule has 5 heterocycles. The zero-order chi connectivity index (χ0) is 39.7. The maximum atomic E-state index is 15.3. The number of aromatic nitrogens is 7. The topological polar surface area (TPSA) is 97.2 Å². The fourth-order valence-corrected chi connectivity index (χ4v) is 8.81. The summed E-state index contributed by atoms with van der Waals surface area (Å²) in [5.74, 6) is 2.06. The fraction of sp³-hybridized carbons (Fsp3) is 0.349. The third-order valence-electron chi connectivity index (χ3n) is 11.2. The van der Waals surface area contributed by atoms with Crippen molar-refractivity contribution in [3.05, 3.63) is 98.3 Å². The number of hydrogen-bond donors (Lipinski definition) is 0. The van der Waals surface area contributed by atoms with E-state index >= 15 is 4.79 Å². The molecule has 0 N–H and O–H groups in total. The highest BCUT2D eigenvalue weighted by Gasteiger charge is 2.37. The van der Waals surface area contributed by atoms with Crippen LogP contribution in [0, 0.1) is 27.7 Å². The van der Waals surface area contributed by atoms with Crippen LogP contribution in [0.15, 0.2) is 48.7 Å². The SMILES string of the molecule is COCc1nc(-c2ccc3c(c2)c(N2C[C@@H](C)n4c(c(CCCOc5cc(C)c(Cl)c(C)c5)c5ccc(Cl)c(-c6c(C)nn(C)c6C)c54)C2=O)cn3C)nn1C. The van der Waals surface area contributed by atoms with Crippen LogP contribution in [0.4, 0.5) is 5.69 Å². The number of fused-ring (bicyclic) bond motifs is 4. The number of hydrogen-bond acceptors (Lipinski definition) is 6. The minimum atomic E-state index is -0.0859. The monoisotopic (exact) mass is 792 g/mol. The molecule has 1 aliphatic rings. The van der Waals surface area contributed by atoms with Crippen LogP contribution in [0.2, 0.25) is 10.0 Å². The minimum Gasteiger partial charge on any atom is -0.494 e. The van der Waals surface area contributed by atoms with Crippen molar-refractivity contribution in [3.63, 3.8) is 0 Å². The zero-order valence-corrected chi connectivity index (χ0v) is 34.8. The van der Waals surface area contributed by atoms with E-state index in [2.05, 4.69) is 46.3 Å². The minimum absolute atomic E-state index is 0.0582. The van der Waals surface area contributed by atoms with Crippen molar-refractivity contribution in [1.82, 2.24) is 33.7 Å². The summed E-state index contributed by atoms with van der Waals surface area (Å²) in [6, 6.07) is 14.1. The van der Waals surface area contributed by atoms with E-state index in [1.807, 2.05) is 82.0 Å². The molecule has 1 aliphatic heterocycles. The predicted molar refractivity (Wildman–Crippen MR) is 223 cm³/mol. The van der Waals surface area contributed by atoms with Gasteiger partial charge in [0.1, 0.15) is 18.1 Å². The van der Waals surface area contributed by atoms with Gasteiger partial charge < -0.3 is 23.5 Å². The van der Waals surface area contributed by atoms with Gasteiger partial charge in [0.15, 0.2) is 11.6 Å². The lowest BCUT2D eigenvalue weighted by molar-refractivity contribution is 0.0957. The third kappa shape index (κ3) is 6.17. The fourth-order valence-electron chi connectivity index (χ4n) is 8.46. The second-order valence-corrected chi connectivity index (χ2v) is 15.8. The Bertz CT molecular complexity index is 2680. The molecule has 0 aliphatic carbocycles. The Morgan fingerprint density at radius 1 is 0.911 bits per heavy atom. The Kier molecular flexibility index (Phi) is 9.75. The molecule has 56 heavy (non-hydrogen) atoms. The van der Waals surface area contributed by atoms with Gasteiger partial charge >= 0.3 is 0 Å². The molecule has 1 amide bonds. The molecule has 290 valence electrons. The number of amides is 1. The van der Waals surface area contributed by atoms with E-state index in [0.717, 1.165) is 88.9 Å². The molecule has 11 nitrogen and oxygen atoms in total. The first-order chi connectivity index (χ1) is 26.8. The van der Waals surface area contributed by atoms with E-state index < -0.39 is 0 Å². The van der Waals surface area contributed by atoms with Crippen LogP contribution in [0.25, 0.3) is 44.3 Å². The van der Waals surface area contributed by atoms with Gasteiger partial charge in [0.2, 0.25) is 0 Å².